The largest absolute Gasteiger partial charge is 0.492 e. The van der Waals surface area contributed by atoms with Gasteiger partial charge in [0.15, 0.2) is 0 Å². The van der Waals surface area contributed by atoms with E-state index in [0.717, 1.165) is 25.1 Å². The Balaban J connectivity index is 0.00000220. The van der Waals surface area contributed by atoms with Crippen molar-refractivity contribution in [2.75, 3.05) is 19.7 Å². The van der Waals surface area contributed by atoms with Crippen molar-refractivity contribution in [3.8, 4) is 5.75 Å². The van der Waals surface area contributed by atoms with Gasteiger partial charge in [-0.25, -0.2) is 0 Å². The van der Waals surface area contributed by atoms with Crippen molar-refractivity contribution in [3.63, 3.8) is 0 Å². The molecule has 21 heavy (non-hydrogen) atoms. The van der Waals surface area contributed by atoms with E-state index in [0.29, 0.717) is 13.2 Å². The number of carbonyl (C=O) groups excluding carboxylic acids is 1. The van der Waals surface area contributed by atoms with Crippen LogP contribution >= 0.6 is 12.4 Å². The van der Waals surface area contributed by atoms with E-state index in [4.69, 9.17) is 4.74 Å². The highest BCUT2D eigenvalue weighted by Gasteiger charge is 2.19. The van der Waals surface area contributed by atoms with Crippen LogP contribution in [-0.2, 0) is 4.79 Å². The molecule has 5 heteroatoms. The molecule has 1 saturated heterocycles. The Kier molecular flexibility index (Phi) is 7.54. The van der Waals surface area contributed by atoms with Gasteiger partial charge in [-0.3, -0.25) is 4.79 Å². The molecule has 2 rings (SSSR count). The molecule has 0 radical (unpaired) electrons. The van der Waals surface area contributed by atoms with Crippen molar-refractivity contribution in [1.82, 2.24) is 10.6 Å². The summed E-state index contributed by atoms with van der Waals surface area (Å²) in [6, 6.07) is 6.11. The van der Waals surface area contributed by atoms with E-state index in [-0.39, 0.29) is 24.4 Å². The fourth-order valence-corrected chi connectivity index (χ4v) is 2.56. The second kappa shape index (κ2) is 8.90. The molecule has 0 aromatic heterocycles. The average molecular weight is 313 g/mol. The number of hydrogen-bond acceptors (Lipinski definition) is 3. The summed E-state index contributed by atoms with van der Waals surface area (Å²) in [6.07, 6.45) is 3.23. The molecule has 4 nitrogen and oxygen atoms in total. The maximum Gasteiger partial charge on any atom is 0.237 e. The first kappa shape index (κ1) is 17.8. The predicted molar refractivity (Wildman–Crippen MR) is 87.3 cm³/mol. The number of hydrogen-bond donors (Lipinski definition) is 2. The molecule has 118 valence electrons. The smallest absolute Gasteiger partial charge is 0.237 e. The van der Waals surface area contributed by atoms with E-state index in [1.807, 2.05) is 12.1 Å². The summed E-state index contributed by atoms with van der Waals surface area (Å²) in [4.78, 5) is 11.9. The van der Waals surface area contributed by atoms with Gasteiger partial charge in [0.25, 0.3) is 0 Å². The molecule has 1 amide bonds. The van der Waals surface area contributed by atoms with Crippen molar-refractivity contribution in [2.45, 2.75) is 39.2 Å². The van der Waals surface area contributed by atoms with Crippen LogP contribution in [0.5, 0.6) is 5.75 Å². The Morgan fingerprint density at radius 3 is 2.62 bits per heavy atom. The quantitative estimate of drug-likeness (QED) is 0.821. The third kappa shape index (κ3) is 5.94. The molecule has 0 bridgehead atoms. The van der Waals surface area contributed by atoms with Gasteiger partial charge in [-0.15, -0.1) is 12.4 Å². The summed E-state index contributed by atoms with van der Waals surface area (Å²) < 4.78 is 5.67. The van der Waals surface area contributed by atoms with Crippen LogP contribution in [-0.4, -0.2) is 31.6 Å². The predicted octanol–water partition coefficient (Wildman–Crippen LogP) is 2.36. The number of halogens is 1. The number of aryl methyl sites for hydroxylation is 2. The first-order valence-electron chi connectivity index (χ1n) is 7.37. The van der Waals surface area contributed by atoms with E-state index >= 15 is 0 Å². The summed E-state index contributed by atoms with van der Waals surface area (Å²) in [5.74, 6) is 0.960. The summed E-state index contributed by atoms with van der Waals surface area (Å²) >= 11 is 0. The van der Waals surface area contributed by atoms with Gasteiger partial charge in [0.1, 0.15) is 12.4 Å². The topological polar surface area (TPSA) is 50.4 Å². The van der Waals surface area contributed by atoms with Crippen molar-refractivity contribution < 1.29 is 9.53 Å². The summed E-state index contributed by atoms with van der Waals surface area (Å²) in [5.41, 5.74) is 2.38. The molecular formula is C16H25ClN2O2. The molecule has 0 saturated carbocycles. The normalized spacial score (nSPS) is 17.7. The lowest BCUT2D eigenvalue weighted by Crippen LogP contribution is -2.47. The number of carbonyl (C=O) groups is 1. The van der Waals surface area contributed by atoms with Gasteiger partial charge in [0.05, 0.1) is 12.6 Å². The molecule has 1 aromatic carbocycles. The van der Waals surface area contributed by atoms with Crippen LogP contribution in [0.4, 0.5) is 0 Å². The Bertz CT molecular complexity index is 439. The van der Waals surface area contributed by atoms with Crippen LogP contribution in [0.25, 0.3) is 0 Å². The highest BCUT2D eigenvalue weighted by atomic mass is 35.5. The lowest BCUT2D eigenvalue weighted by atomic mass is 10.0. The van der Waals surface area contributed by atoms with Gasteiger partial charge < -0.3 is 15.4 Å². The standard InChI is InChI=1S/C16H24N2O2.ClH/c1-12-9-13(2)11-14(10-12)20-8-7-18-16(19)15-5-3-4-6-17-15;/h9-11,15,17H,3-8H2,1-2H3,(H,18,19);1H. The molecule has 1 fully saturated rings. The van der Waals surface area contributed by atoms with Crippen molar-refractivity contribution in [3.05, 3.63) is 29.3 Å². The number of benzene rings is 1. The number of rotatable bonds is 5. The molecule has 1 aliphatic rings. The highest BCUT2D eigenvalue weighted by Crippen LogP contribution is 2.15. The summed E-state index contributed by atoms with van der Waals surface area (Å²) in [5, 5.41) is 6.16. The van der Waals surface area contributed by atoms with Crippen LogP contribution in [0, 0.1) is 13.8 Å². The molecule has 2 N–H and O–H groups in total. The third-order valence-electron chi connectivity index (χ3n) is 3.49. The zero-order chi connectivity index (χ0) is 14.4. The molecule has 1 aliphatic heterocycles. The lowest BCUT2D eigenvalue weighted by Gasteiger charge is -2.22. The van der Waals surface area contributed by atoms with E-state index in [1.54, 1.807) is 0 Å². The summed E-state index contributed by atoms with van der Waals surface area (Å²) in [7, 11) is 0. The second-order valence-corrected chi connectivity index (χ2v) is 5.47. The Morgan fingerprint density at radius 2 is 2.00 bits per heavy atom. The Labute approximate surface area is 133 Å². The number of nitrogens with one attached hydrogen (secondary N) is 2. The minimum absolute atomic E-state index is 0. The zero-order valence-corrected chi connectivity index (χ0v) is 13.6. The molecule has 1 atom stereocenters. The average Bonchev–Trinajstić information content (AvgIpc) is 2.43. The number of ether oxygens (including phenoxy) is 1. The Hall–Kier alpha value is -1.26. The first-order chi connectivity index (χ1) is 9.65. The molecule has 0 spiro atoms. The lowest BCUT2D eigenvalue weighted by molar-refractivity contribution is -0.123. The molecule has 1 aromatic rings. The van der Waals surface area contributed by atoms with E-state index in [1.165, 1.54) is 17.5 Å². The van der Waals surface area contributed by atoms with Crippen LogP contribution in [0.3, 0.4) is 0 Å². The van der Waals surface area contributed by atoms with Gasteiger partial charge >= 0.3 is 0 Å². The fraction of sp³-hybridized carbons (Fsp3) is 0.562. The molecule has 1 unspecified atom stereocenters. The van der Waals surface area contributed by atoms with Gasteiger partial charge in [-0.2, -0.15) is 0 Å². The monoisotopic (exact) mass is 312 g/mol. The van der Waals surface area contributed by atoms with E-state index < -0.39 is 0 Å². The molecule has 0 aliphatic carbocycles. The Morgan fingerprint density at radius 1 is 1.29 bits per heavy atom. The van der Waals surface area contributed by atoms with Crippen LogP contribution in [0.15, 0.2) is 18.2 Å². The van der Waals surface area contributed by atoms with Crippen molar-refractivity contribution in [2.24, 2.45) is 0 Å². The van der Waals surface area contributed by atoms with Gasteiger partial charge in [-0.05, 0) is 56.5 Å². The van der Waals surface area contributed by atoms with Gasteiger partial charge in [0, 0.05) is 0 Å². The van der Waals surface area contributed by atoms with Crippen LogP contribution in [0.1, 0.15) is 30.4 Å². The van der Waals surface area contributed by atoms with Crippen LogP contribution in [0.2, 0.25) is 0 Å². The SMILES string of the molecule is Cc1cc(C)cc(OCCNC(=O)C2CCCCN2)c1.Cl. The highest BCUT2D eigenvalue weighted by molar-refractivity contribution is 5.85. The van der Waals surface area contributed by atoms with Gasteiger partial charge in [0.2, 0.25) is 5.91 Å². The minimum atomic E-state index is -0.0232. The van der Waals surface area contributed by atoms with E-state index in [2.05, 4.69) is 30.5 Å². The van der Waals surface area contributed by atoms with Crippen molar-refractivity contribution in [1.29, 1.82) is 0 Å². The van der Waals surface area contributed by atoms with E-state index in [9.17, 15) is 4.79 Å². The zero-order valence-electron chi connectivity index (χ0n) is 12.8. The van der Waals surface area contributed by atoms with Crippen LogP contribution < -0.4 is 15.4 Å². The molecule has 1 heterocycles. The first-order valence-corrected chi connectivity index (χ1v) is 7.37. The maximum absolute atomic E-state index is 11.9. The number of amides is 1. The summed E-state index contributed by atoms with van der Waals surface area (Å²) in [6.45, 7) is 6.09. The molecular weight excluding hydrogens is 288 g/mol. The second-order valence-electron chi connectivity index (χ2n) is 5.47. The van der Waals surface area contributed by atoms with Gasteiger partial charge in [-0.1, -0.05) is 12.5 Å². The van der Waals surface area contributed by atoms with Crippen molar-refractivity contribution >= 4 is 18.3 Å². The third-order valence-corrected chi connectivity index (χ3v) is 3.49. The minimum Gasteiger partial charge on any atom is -0.492 e. The fourth-order valence-electron chi connectivity index (χ4n) is 2.56. The number of piperidine rings is 1. The maximum atomic E-state index is 11.9.